The summed E-state index contributed by atoms with van der Waals surface area (Å²) in [4.78, 5) is 14.3. The van der Waals surface area contributed by atoms with Crippen LogP contribution in [0.5, 0.6) is 0 Å². The number of carbonyl (C=O) groups excluding carboxylic acids is 1. The van der Waals surface area contributed by atoms with Crippen LogP contribution in [0.4, 0.5) is 0 Å². The van der Waals surface area contributed by atoms with Gasteiger partial charge >= 0.3 is 0 Å². The molecular weight excluding hydrogens is 290 g/mol. The van der Waals surface area contributed by atoms with E-state index in [1.165, 1.54) is 7.05 Å². The molecule has 0 fully saturated rings. The number of rotatable bonds is 7. The van der Waals surface area contributed by atoms with Crippen molar-refractivity contribution in [2.24, 2.45) is 0 Å². The maximum atomic E-state index is 12.4. The molecule has 1 aromatic rings. The van der Waals surface area contributed by atoms with E-state index in [-0.39, 0.29) is 5.91 Å². The van der Waals surface area contributed by atoms with Gasteiger partial charge in [0, 0.05) is 20.1 Å². The van der Waals surface area contributed by atoms with E-state index >= 15 is 0 Å². The van der Waals surface area contributed by atoms with Gasteiger partial charge in [0.25, 0.3) is 0 Å². The molecule has 0 aliphatic carbocycles. The largest absolute Gasteiger partial charge is 0.353 e. The van der Waals surface area contributed by atoms with Crippen molar-refractivity contribution < 1.29 is 13.2 Å². The zero-order valence-electron chi connectivity index (χ0n) is 12.9. The molecule has 6 nitrogen and oxygen atoms in total. The quantitative estimate of drug-likeness (QED) is 0.786. The van der Waals surface area contributed by atoms with E-state index in [1.54, 1.807) is 24.3 Å². The van der Waals surface area contributed by atoms with Crippen LogP contribution in [-0.2, 0) is 14.8 Å². The highest BCUT2D eigenvalue weighted by Gasteiger charge is 2.30. The average molecular weight is 313 g/mol. The lowest BCUT2D eigenvalue weighted by Crippen LogP contribution is -2.42. The Morgan fingerprint density at radius 1 is 1.19 bits per heavy atom. The van der Waals surface area contributed by atoms with E-state index in [0.717, 1.165) is 10.6 Å². The van der Waals surface area contributed by atoms with Gasteiger partial charge in [-0.25, -0.2) is 8.42 Å². The fraction of sp³-hybridized carbons (Fsp3) is 0.500. The van der Waals surface area contributed by atoms with Gasteiger partial charge in [0.15, 0.2) is 0 Å². The summed E-state index contributed by atoms with van der Waals surface area (Å²) in [6, 6.07) is 8.03. The fourth-order valence-corrected chi connectivity index (χ4v) is 2.45. The zero-order chi connectivity index (χ0) is 16.0. The number of hydrogen-bond acceptors (Lipinski definition) is 4. The van der Waals surface area contributed by atoms with Gasteiger partial charge in [0.05, 0.1) is 6.26 Å². The molecule has 1 atom stereocenters. The van der Waals surface area contributed by atoms with Gasteiger partial charge in [-0.3, -0.25) is 4.79 Å². The molecule has 0 aliphatic heterocycles. The number of carbonyl (C=O) groups is 1. The van der Waals surface area contributed by atoms with Crippen LogP contribution in [0.3, 0.4) is 0 Å². The normalized spacial score (nSPS) is 13.4. The topological polar surface area (TPSA) is 69.7 Å². The highest BCUT2D eigenvalue weighted by atomic mass is 32.2. The first-order chi connectivity index (χ1) is 9.73. The van der Waals surface area contributed by atoms with Gasteiger partial charge in [-0.1, -0.05) is 30.3 Å². The molecule has 118 valence electrons. The molecule has 1 aromatic carbocycles. The minimum absolute atomic E-state index is 0.323. The minimum atomic E-state index is -3.47. The Morgan fingerprint density at radius 2 is 1.76 bits per heavy atom. The van der Waals surface area contributed by atoms with Crippen LogP contribution in [0.25, 0.3) is 0 Å². The van der Waals surface area contributed by atoms with E-state index in [9.17, 15) is 13.2 Å². The van der Waals surface area contributed by atoms with Gasteiger partial charge in [0.1, 0.15) is 6.04 Å². The standard InChI is InChI=1S/C14H23N3O3S/c1-16(2)11-10-15-14(18)13(17(3)21(4,19)20)12-8-6-5-7-9-12/h5-9,13H,10-11H2,1-4H3,(H,15,18). The van der Waals surface area contributed by atoms with Gasteiger partial charge in [0.2, 0.25) is 15.9 Å². The second-order valence-electron chi connectivity index (χ2n) is 5.19. The van der Waals surface area contributed by atoms with Crippen molar-refractivity contribution >= 4 is 15.9 Å². The molecule has 1 unspecified atom stereocenters. The Hall–Kier alpha value is -1.44. The molecule has 0 aromatic heterocycles. The number of sulfonamides is 1. The summed E-state index contributed by atoms with van der Waals surface area (Å²) in [5, 5.41) is 2.78. The number of benzene rings is 1. The van der Waals surface area contributed by atoms with E-state index in [1.807, 2.05) is 25.1 Å². The molecule has 0 bridgehead atoms. The smallest absolute Gasteiger partial charge is 0.243 e. The third-order valence-corrected chi connectivity index (χ3v) is 4.37. The number of nitrogens with zero attached hydrogens (tertiary/aromatic N) is 2. The van der Waals surface area contributed by atoms with Crippen LogP contribution >= 0.6 is 0 Å². The molecule has 0 heterocycles. The molecule has 1 rings (SSSR count). The van der Waals surface area contributed by atoms with E-state index in [2.05, 4.69) is 5.32 Å². The average Bonchev–Trinajstić information content (AvgIpc) is 2.38. The van der Waals surface area contributed by atoms with Gasteiger partial charge in [-0.05, 0) is 19.7 Å². The summed E-state index contributed by atoms with van der Waals surface area (Å²) in [5.41, 5.74) is 0.646. The number of amides is 1. The van der Waals surface area contributed by atoms with Crippen molar-refractivity contribution in [1.29, 1.82) is 0 Å². The highest BCUT2D eigenvalue weighted by Crippen LogP contribution is 2.21. The third-order valence-electron chi connectivity index (χ3n) is 3.11. The monoisotopic (exact) mass is 313 g/mol. The Balaban J connectivity index is 2.95. The maximum absolute atomic E-state index is 12.4. The molecule has 21 heavy (non-hydrogen) atoms. The first-order valence-electron chi connectivity index (χ1n) is 6.64. The number of likely N-dealkylation sites (N-methyl/N-ethyl adjacent to an activating group) is 2. The molecule has 0 saturated carbocycles. The SMILES string of the molecule is CN(C)CCNC(=O)C(c1ccccc1)N(C)S(C)(=O)=O. The highest BCUT2D eigenvalue weighted by molar-refractivity contribution is 7.88. The Bertz CT molecular complexity index is 558. The Labute approximate surface area is 126 Å². The van der Waals surface area contributed by atoms with Crippen molar-refractivity contribution in [2.75, 3.05) is 40.5 Å². The summed E-state index contributed by atoms with van der Waals surface area (Å²) in [6.07, 6.45) is 1.09. The molecule has 7 heteroatoms. The Morgan fingerprint density at radius 3 is 2.24 bits per heavy atom. The second kappa shape index (κ2) is 7.53. The summed E-state index contributed by atoms with van der Waals surface area (Å²) in [6.45, 7) is 1.16. The van der Waals surface area contributed by atoms with E-state index in [0.29, 0.717) is 18.7 Å². The Kier molecular flexibility index (Phi) is 6.32. The van der Waals surface area contributed by atoms with Crippen molar-refractivity contribution in [3.63, 3.8) is 0 Å². The van der Waals surface area contributed by atoms with Gasteiger partial charge < -0.3 is 10.2 Å². The van der Waals surface area contributed by atoms with Crippen LogP contribution in [0.15, 0.2) is 30.3 Å². The summed E-state index contributed by atoms with van der Waals surface area (Å²) in [5.74, 6) is -0.323. The lowest BCUT2D eigenvalue weighted by molar-refractivity contribution is -0.124. The summed E-state index contributed by atoms with van der Waals surface area (Å²) >= 11 is 0. The lowest BCUT2D eigenvalue weighted by atomic mass is 10.1. The summed E-state index contributed by atoms with van der Waals surface area (Å²) < 4.78 is 24.6. The van der Waals surface area contributed by atoms with Crippen LogP contribution < -0.4 is 5.32 Å². The predicted octanol–water partition coefficient (Wildman–Crippen LogP) is 0.297. The van der Waals surface area contributed by atoms with E-state index < -0.39 is 16.1 Å². The molecule has 0 spiro atoms. The van der Waals surface area contributed by atoms with Crippen molar-refractivity contribution in [2.45, 2.75) is 6.04 Å². The predicted molar refractivity (Wildman–Crippen MR) is 83.4 cm³/mol. The zero-order valence-corrected chi connectivity index (χ0v) is 13.7. The van der Waals surface area contributed by atoms with Crippen LogP contribution in [0.2, 0.25) is 0 Å². The summed E-state index contributed by atoms with van der Waals surface area (Å²) in [7, 11) is 1.75. The maximum Gasteiger partial charge on any atom is 0.243 e. The molecular formula is C14H23N3O3S. The number of nitrogens with one attached hydrogen (secondary N) is 1. The molecule has 1 amide bonds. The first-order valence-corrected chi connectivity index (χ1v) is 8.48. The first kappa shape index (κ1) is 17.6. The molecule has 1 N–H and O–H groups in total. The van der Waals surface area contributed by atoms with Gasteiger partial charge in [-0.15, -0.1) is 0 Å². The van der Waals surface area contributed by atoms with Crippen molar-refractivity contribution in [3.8, 4) is 0 Å². The minimum Gasteiger partial charge on any atom is -0.353 e. The molecule has 0 radical (unpaired) electrons. The lowest BCUT2D eigenvalue weighted by Gasteiger charge is -2.26. The van der Waals surface area contributed by atoms with Gasteiger partial charge in [-0.2, -0.15) is 4.31 Å². The molecule has 0 saturated heterocycles. The second-order valence-corrected chi connectivity index (χ2v) is 7.23. The fourth-order valence-electron chi connectivity index (χ4n) is 1.85. The van der Waals surface area contributed by atoms with Crippen LogP contribution in [0.1, 0.15) is 11.6 Å². The number of hydrogen-bond donors (Lipinski definition) is 1. The van der Waals surface area contributed by atoms with Crippen LogP contribution in [0, 0.1) is 0 Å². The third kappa shape index (κ3) is 5.45. The van der Waals surface area contributed by atoms with Crippen molar-refractivity contribution in [1.82, 2.24) is 14.5 Å². The molecule has 0 aliphatic rings. The van der Waals surface area contributed by atoms with Crippen LogP contribution in [-0.4, -0.2) is 64.0 Å². The van der Waals surface area contributed by atoms with Crippen molar-refractivity contribution in [3.05, 3.63) is 35.9 Å². The van der Waals surface area contributed by atoms with E-state index in [4.69, 9.17) is 0 Å².